The molecule has 5 heteroatoms. The van der Waals surface area contributed by atoms with E-state index in [1.807, 2.05) is 0 Å². The molecule has 0 bridgehead atoms. The van der Waals surface area contributed by atoms with Crippen molar-refractivity contribution in [3.05, 3.63) is 46.4 Å². The maximum atomic E-state index is 12.6. The van der Waals surface area contributed by atoms with Gasteiger partial charge in [-0.05, 0) is 36.3 Å². The summed E-state index contributed by atoms with van der Waals surface area (Å²) in [6.45, 7) is 0. The number of hydrogen-bond donors (Lipinski definition) is 1. The third kappa shape index (κ3) is 2.73. The molecule has 15 heavy (non-hydrogen) atoms. The highest BCUT2D eigenvalue weighted by atomic mass is 32.1. The van der Waals surface area contributed by atoms with Crippen LogP contribution in [-0.2, 0) is 12.8 Å². The Morgan fingerprint density at radius 3 is 2.60 bits per heavy atom. The molecule has 1 heterocycles. The van der Waals surface area contributed by atoms with Gasteiger partial charge in [-0.2, -0.15) is 0 Å². The van der Waals surface area contributed by atoms with Crippen LogP contribution in [0.1, 0.15) is 11.5 Å². The molecule has 0 aliphatic rings. The van der Waals surface area contributed by atoms with Gasteiger partial charge in [0.15, 0.2) is 0 Å². The molecule has 0 atom stereocenters. The van der Waals surface area contributed by atoms with Crippen LogP contribution in [0.25, 0.3) is 0 Å². The van der Waals surface area contributed by atoms with E-state index in [4.69, 9.17) is 16.6 Å². The largest absolute Gasteiger partial charge is 0.414 e. The Morgan fingerprint density at radius 1 is 1.27 bits per heavy atom. The Labute approximate surface area is 90.9 Å². The second-order valence-corrected chi connectivity index (χ2v) is 3.50. The van der Waals surface area contributed by atoms with Crippen LogP contribution in [0.3, 0.4) is 0 Å². The Hall–Kier alpha value is -1.49. The molecule has 0 aliphatic carbocycles. The highest BCUT2D eigenvalue weighted by Gasteiger charge is 2.00. The summed E-state index contributed by atoms with van der Waals surface area (Å²) in [6.07, 6.45) is 1.40. The summed E-state index contributed by atoms with van der Waals surface area (Å²) in [5.74, 6) is 0.348. The van der Waals surface area contributed by atoms with E-state index in [0.29, 0.717) is 12.3 Å². The first-order chi connectivity index (χ1) is 7.24. The summed E-state index contributed by atoms with van der Waals surface area (Å²) >= 11 is 4.75. The summed E-state index contributed by atoms with van der Waals surface area (Å²) < 4.78 is 17.7. The standard InChI is InChI=1S/C10H9FN2OS/c11-8-4-1-7(2-5-8)3-6-9-12-13-10(15)14-9/h1-2,4-5H,3,6H2,(H,13,15). The van der Waals surface area contributed by atoms with Gasteiger partial charge in [0.25, 0.3) is 4.84 Å². The lowest BCUT2D eigenvalue weighted by Gasteiger charge is -1.97. The number of aryl methyl sites for hydroxylation is 2. The third-order valence-electron chi connectivity index (χ3n) is 2.02. The average Bonchev–Trinajstić information content (AvgIpc) is 2.64. The molecule has 2 rings (SSSR count). The first-order valence-corrected chi connectivity index (χ1v) is 4.94. The van der Waals surface area contributed by atoms with Crippen molar-refractivity contribution in [1.82, 2.24) is 10.2 Å². The number of hydrogen-bond acceptors (Lipinski definition) is 3. The second-order valence-electron chi connectivity index (χ2n) is 3.13. The predicted octanol–water partition coefficient (Wildman–Crippen LogP) is 2.66. The van der Waals surface area contributed by atoms with Gasteiger partial charge < -0.3 is 4.42 Å². The molecule has 3 nitrogen and oxygen atoms in total. The van der Waals surface area contributed by atoms with E-state index in [0.717, 1.165) is 12.0 Å². The molecule has 0 spiro atoms. The SMILES string of the molecule is Fc1ccc(CCc2n[nH]c(=S)o2)cc1. The normalized spacial score (nSPS) is 10.5. The lowest BCUT2D eigenvalue weighted by Crippen LogP contribution is -1.91. The van der Waals surface area contributed by atoms with Gasteiger partial charge in [-0.25, -0.2) is 9.49 Å². The molecule has 0 aliphatic heterocycles. The predicted molar refractivity (Wildman–Crippen MR) is 55.5 cm³/mol. The van der Waals surface area contributed by atoms with Gasteiger partial charge in [-0.15, -0.1) is 5.10 Å². The summed E-state index contributed by atoms with van der Waals surface area (Å²) in [4.78, 5) is 0.282. The third-order valence-corrected chi connectivity index (χ3v) is 2.20. The number of rotatable bonds is 3. The first kappa shape index (κ1) is 10.0. The van der Waals surface area contributed by atoms with Crippen LogP contribution in [0.4, 0.5) is 4.39 Å². The monoisotopic (exact) mass is 224 g/mol. The number of nitrogens with one attached hydrogen (secondary N) is 1. The molecular weight excluding hydrogens is 215 g/mol. The van der Waals surface area contributed by atoms with E-state index < -0.39 is 0 Å². The van der Waals surface area contributed by atoms with Crippen LogP contribution in [0.5, 0.6) is 0 Å². The van der Waals surface area contributed by atoms with Crippen molar-refractivity contribution < 1.29 is 8.81 Å². The second kappa shape index (κ2) is 4.35. The highest BCUT2D eigenvalue weighted by Crippen LogP contribution is 2.06. The minimum Gasteiger partial charge on any atom is -0.414 e. The van der Waals surface area contributed by atoms with Crippen molar-refractivity contribution in [2.24, 2.45) is 0 Å². The van der Waals surface area contributed by atoms with Crippen LogP contribution in [0.2, 0.25) is 0 Å². The summed E-state index contributed by atoms with van der Waals surface area (Å²) in [7, 11) is 0. The van der Waals surface area contributed by atoms with Crippen molar-refractivity contribution in [2.45, 2.75) is 12.8 Å². The summed E-state index contributed by atoms with van der Waals surface area (Å²) in [5, 5.41) is 6.43. The quantitative estimate of drug-likeness (QED) is 0.815. The van der Waals surface area contributed by atoms with Gasteiger partial charge >= 0.3 is 0 Å². The van der Waals surface area contributed by atoms with E-state index >= 15 is 0 Å². The van der Waals surface area contributed by atoms with E-state index in [-0.39, 0.29) is 10.7 Å². The van der Waals surface area contributed by atoms with E-state index in [2.05, 4.69) is 10.2 Å². The lowest BCUT2D eigenvalue weighted by atomic mass is 10.1. The Balaban J connectivity index is 1.99. The van der Waals surface area contributed by atoms with Gasteiger partial charge in [0.2, 0.25) is 5.89 Å². The molecule has 1 aromatic heterocycles. The van der Waals surface area contributed by atoms with Gasteiger partial charge in [0.05, 0.1) is 0 Å². The van der Waals surface area contributed by atoms with Crippen molar-refractivity contribution in [3.63, 3.8) is 0 Å². The molecule has 1 N–H and O–H groups in total. The highest BCUT2D eigenvalue weighted by molar-refractivity contribution is 7.71. The topological polar surface area (TPSA) is 41.8 Å². The van der Waals surface area contributed by atoms with Crippen molar-refractivity contribution in [1.29, 1.82) is 0 Å². The van der Waals surface area contributed by atoms with Crippen LogP contribution in [0, 0.1) is 10.7 Å². The Morgan fingerprint density at radius 2 is 2.00 bits per heavy atom. The van der Waals surface area contributed by atoms with Gasteiger partial charge in [-0.1, -0.05) is 12.1 Å². The number of aromatic amines is 1. The fourth-order valence-corrected chi connectivity index (χ4v) is 1.41. The van der Waals surface area contributed by atoms with E-state index in [1.165, 1.54) is 12.1 Å². The van der Waals surface area contributed by atoms with Crippen molar-refractivity contribution >= 4 is 12.2 Å². The van der Waals surface area contributed by atoms with Gasteiger partial charge in [-0.3, -0.25) is 0 Å². The maximum absolute atomic E-state index is 12.6. The molecular formula is C10H9FN2OS. The Kier molecular flexibility index (Phi) is 2.91. The molecule has 0 saturated carbocycles. The molecule has 0 saturated heterocycles. The molecule has 0 fully saturated rings. The summed E-state index contributed by atoms with van der Waals surface area (Å²) in [5.41, 5.74) is 1.04. The lowest BCUT2D eigenvalue weighted by molar-refractivity contribution is 0.480. The van der Waals surface area contributed by atoms with Crippen LogP contribution < -0.4 is 0 Å². The molecule has 0 amide bonds. The zero-order valence-electron chi connectivity index (χ0n) is 7.87. The Bertz CT molecular complexity index is 489. The summed E-state index contributed by atoms with van der Waals surface area (Å²) in [6, 6.07) is 6.37. The van der Waals surface area contributed by atoms with Crippen LogP contribution >= 0.6 is 12.2 Å². The number of H-pyrrole nitrogens is 1. The molecule has 0 unspecified atom stereocenters. The number of benzene rings is 1. The van der Waals surface area contributed by atoms with Gasteiger partial charge in [0, 0.05) is 6.42 Å². The number of aromatic nitrogens is 2. The van der Waals surface area contributed by atoms with Crippen LogP contribution in [-0.4, -0.2) is 10.2 Å². The molecule has 0 radical (unpaired) electrons. The van der Waals surface area contributed by atoms with Gasteiger partial charge in [0.1, 0.15) is 5.82 Å². The smallest absolute Gasteiger partial charge is 0.284 e. The minimum atomic E-state index is -0.226. The fraction of sp³-hybridized carbons (Fsp3) is 0.200. The van der Waals surface area contributed by atoms with Crippen molar-refractivity contribution in [2.75, 3.05) is 0 Å². The molecule has 78 valence electrons. The average molecular weight is 224 g/mol. The number of nitrogens with zero attached hydrogens (tertiary/aromatic N) is 1. The number of halogens is 1. The molecule has 2 aromatic rings. The van der Waals surface area contributed by atoms with Crippen LogP contribution in [0.15, 0.2) is 28.7 Å². The zero-order chi connectivity index (χ0) is 10.7. The van der Waals surface area contributed by atoms with E-state index in [9.17, 15) is 4.39 Å². The maximum Gasteiger partial charge on any atom is 0.284 e. The fourth-order valence-electron chi connectivity index (χ4n) is 1.27. The molecule has 1 aromatic carbocycles. The van der Waals surface area contributed by atoms with Crippen molar-refractivity contribution in [3.8, 4) is 0 Å². The van der Waals surface area contributed by atoms with E-state index in [1.54, 1.807) is 12.1 Å². The first-order valence-electron chi connectivity index (χ1n) is 4.53. The zero-order valence-corrected chi connectivity index (χ0v) is 8.68. The minimum absolute atomic E-state index is 0.226.